The number of hydrogen-bond acceptors (Lipinski definition) is 6. The number of methoxy groups -OCH3 is 1. The van der Waals surface area contributed by atoms with Gasteiger partial charge in [0.05, 0.1) is 11.8 Å². The summed E-state index contributed by atoms with van der Waals surface area (Å²) in [7, 11) is 1.63. The topological polar surface area (TPSA) is 85.8 Å². The molecule has 0 spiro atoms. The molecule has 0 radical (unpaired) electrons. The van der Waals surface area contributed by atoms with Crippen LogP contribution >= 0.6 is 0 Å². The molecule has 0 aliphatic carbocycles. The van der Waals surface area contributed by atoms with Gasteiger partial charge in [-0.3, -0.25) is 9.59 Å². The number of amides is 1. The minimum Gasteiger partial charge on any atom is -0.456 e. The first-order valence-corrected chi connectivity index (χ1v) is 7.82. The summed E-state index contributed by atoms with van der Waals surface area (Å²) in [5, 5.41) is 3.88. The molecule has 1 saturated heterocycles. The van der Waals surface area contributed by atoms with E-state index in [2.05, 4.69) is 5.16 Å². The standard InChI is InChI=1S/C17H20N2O5/c1-10-4-14(24-18-10)6-12-8-19(9-16(12)22-3)17(21)15-7-13(20)5-11(2)23-15/h4-5,7,12,16H,6,8-9H2,1-3H3/t12-,16+/m1/s1. The average molecular weight is 332 g/mol. The lowest BCUT2D eigenvalue weighted by molar-refractivity contribution is 0.0651. The Hall–Kier alpha value is -2.41. The number of hydrogen-bond donors (Lipinski definition) is 0. The number of likely N-dealkylation sites (tertiary alicyclic amines) is 1. The molecule has 7 nitrogen and oxygen atoms in total. The van der Waals surface area contributed by atoms with Gasteiger partial charge in [0.25, 0.3) is 5.91 Å². The molecule has 1 aliphatic heterocycles. The molecule has 7 heteroatoms. The van der Waals surface area contributed by atoms with Crippen LogP contribution in [0.15, 0.2) is 31.9 Å². The highest BCUT2D eigenvalue weighted by molar-refractivity contribution is 5.91. The molecular weight excluding hydrogens is 312 g/mol. The van der Waals surface area contributed by atoms with Crippen LogP contribution in [0.3, 0.4) is 0 Å². The average Bonchev–Trinajstić information content (AvgIpc) is 3.12. The molecule has 24 heavy (non-hydrogen) atoms. The molecule has 2 aromatic heterocycles. The summed E-state index contributed by atoms with van der Waals surface area (Å²) < 4.78 is 16.2. The summed E-state index contributed by atoms with van der Waals surface area (Å²) in [5.74, 6) is 1.06. The summed E-state index contributed by atoms with van der Waals surface area (Å²) in [6.45, 7) is 4.47. The van der Waals surface area contributed by atoms with Crippen LogP contribution < -0.4 is 5.43 Å². The van der Waals surface area contributed by atoms with Crippen LogP contribution in [0.25, 0.3) is 0 Å². The molecule has 3 rings (SSSR count). The van der Waals surface area contributed by atoms with E-state index in [1.165, 1.54) is 12.1 Å². The van der Waals surface area contributed by atoms with Gasteiger partial charge in [0.2, 0.25) is 0 Å². The second-order valence-corrected chi connectivity index (χ2v) is 6.15. The quantitative estimate of drug-likeness (QED) is 0.845. The Morgan fingerprint density at radius 1 is 1.33 bits per heavy atom. The largest absolute Gasteiger partial charge is 0.456 e. The smallest absolute Gasteiger partial charge is 0.289 e. The fraction of sp³-hybridized carbons (Fsp3) is 0.471. The molecule has 128 valence electrons. The van der Waals surface area contributed by atoms with Crippen LogP contribution in [0, 0.1) is 19.8 Å². The van der Waals surface area contributed by atoms with E-state index in [1.54, 1.807) is 18.9 Å². The van der Waals surface area contributed by atoms with E-state index < -0.39 is 0 Å². The highest BCUT2D eigenvalue weighted by atomic mass is 16.5. The van der Waals surface area contributed by atoms with Gasteiger partial charge in [-0.15, -0.1) is 0 Å². The predicted octanol–water partition coefficient (Wildman–Crippen LogP) is 1.57. The maximum atomic E-state index is 12.6. The first kappa shape index (κ1) is 16.4. The van der Waals surface area contributed by atoms with E-state index in [4.69, 9.17) is 13.7 Å². The van der Waals surface area contributed by atoms with Crippen molar-refractivity contribution in [2.24, 2.45) is 5.92 Å². The molecule has 0 bridgehead atoms. The van der Waals surface area contributed by atoms with Crippen molar-refractivity contribution in [3.63, 3.8) is 0 Å². The molecular formula is C17H20N2O5. The van der Waals surface area contributed by atoms with E-state index in [0.29, 0.717) is 25.3 Å². The van der Waals surface area contributed by atoms with Crippen LogP contribution in [0.4, 0.5) is 0 Å². The van der Waals surface area contributed by atoms with Gasteiger partial charge in [-0.2, -0.15) is 0 Å². The van der Waals surface area contributed by atoms with Crippen molar-refractivity contribution in [2.45, 2.75) is 26.4 Å². The Kier molecular flexibility index (Phi) is 4.53. The Balaban J connectivity index is 1.75. The van der Waals surface area contributed by atoms with E-state index in [-0.39, 0.29) is 29.1 Å². The van der Waals surface area contributed by atoms with Crippen LogP contribution in [0.1, 0.15) is 27.8 Å². The number of carbonyl (C=O) groups is 1. The number of nitrogens with zero attached hydrogens (tertiary/aromatic N) is 2. The van der Waals surface area contributed by atoms with Crippen LogP contribution in [0.2, 0.25) is 0 Å². The lowest BCUT2D eigenvalue weighted by atomic mass is 10.0. The van der Waals surface area contributed by atoms with Crippen molar-refractivity contribution in [1.82, 2.24) is 10.1 Å². The summed E-state index contributed by atoms with van der Waals surface area (Å²) >= 11 is 0. The van der Waals surface area contributed by atoms with Gasteiger partial charge in [0.1, 0.15) is 11.5 Å². The van der Waals surface area contributed by atoms with Crippen molar-refractivity contribution in [2.75, 3.05) is 20.2 Å². The minimum atomic E-state index is -0.297. The number of aromatic nitrogens is 1. The van der Waals surface area contributed by atoms with Crippen molar-refractivity contribution < 1.29 is 18.5 Å². The van der Waals surface area contributed by atoms with Crippen LogP contribution in [0.5, 0.6) is 0 Å². The Bertz CT molecular complexity index is 794. The zero-order valence-electron chi connectivity index (χ0n) is 13.9. The maximum absolute atomic E-state index is 12.6. The number of ether oxygens (including phenoxy) is 1. The summed E-state index contributed by atoms with van der Waals surface area (Å²) in [6.07, 6.45) is 0.539. The third-order valence-corrected chi connectivity index (χ3v) is 4.21. The first-order valence-electron chi connectivity index (χ1n) is 7.82. The number of carbonyl (C=O) groups excluding carboxylic acids is 1. The van der Waals surface area contributed by atoms with E-state index in [1.807, 2.05) is 13.0 Å². The van der Waals surface area contributed by atoms with Gasteiger partial charge in [-0.05, 0) is 13.8 Å². The van der Waals surface area contributed by atoms with Gasteiger partial charge < -0.3 is 18.6 Å². The molecule has 3 heterocycles. The number of rotatable bonds is 4. The van der Waals surface area contributed by atoms with E-state index in [0.717, 1.165) is 11.5 Å². The van der Waals surface area contributed by atoms with E-state index in [9.17, 15) is 9.59 Å². The molecule has 0 aromatic carbocycles. The summed E-state index contributed by atoms with van der Waals surface area (Å²) in [5.41, 5.74) is 0.588. The molecule has 1 aliphatic rings. The van der Waals surface area contributed by atoms with Crippen molar-refractivity contribution in [3.8, 4) is 0 Å². The molecule has 2 aromatic rings. The Labute approximate surface area is 139 Å². The zero-order chi connectivity index (χ0) is 17.3. The lowest BCUT2D eigenvalue weighted by Gasteiger charge is -2.15. The first-order chi connectivity index (χ1) is 11.5. The summed E-state index contributed by atoms with van der Waals surface area (Å²) in [4.78, 5) is 25.9. The van der Waals surface area contributed by atoms with Crippen molar-refractivity contribution in [3.05, 3.63) is 51.4 Å². The second kappa shape index (κ2) is 6.60. The lowest BCUT2D eigenvalue weighted by Crippen LogP contribution is -2.30. The fourth-order valence-electron chi connectivity index (χ4n) is 3.11. The van der Waals surface area contributed by atoms with Crippen LogP contribution in [-0.4, -0.2) is 42.3 Å². The van der Waals surface area contributed by atoms with Crippen molar-refractivity contribution >= 4 is 5.91 Å². The van der Waals surface area contributed by atoms with Gasteiger partial charge in [0.15, 0.2) is 11.2 Å². The molecule has 1 fully saturated rings. The monoisotopic (exact) mass is 332 g/mol. The van der Waals surface area contributed by atoms with Crippen LogP contribution in [-0.2, 0) is 11.2 Å². The second-order valence-electron chi connectivity index (χ2n) is 6.15. The van der Waals surface area contributed by atoms with Crippen molar-refractivity contribution in [1.29, 1.82) is 0 Å². The van der Waals surface area contributed by atoms with Gasteiger partial charge in [-0.25, -0.2) is 0 Å². The zero-order valence-corrected chi connectivity index (χ0v) is 13.9. The van der Waals surface area contributed by atoms with Gasteiger partial charge >= 0.3 is 0 Å². The minimum absolute atomic E-state index is 0.0611. The fourth-order valence-corrected chi connectivity index (χ4v) is 3.11. The maximum Gasteiger partial charge on any atom is 0.289 e. The highest BCUT2D eigenvalue weighted by Crippen LogP contribution is 2.25. The number of aryl methyl sites for hydroxylation is 2. The third kappa shape index (κ3) is 3.41. The Morgan fingerprint density at radius 3 is 2.75 bits per heavy atom. The molecule has 1 amide bonds. The van der Waals surface area contributed by atoms with Gasteiger partial charge in [-0.1, -0.05) is 5.16 Å². The SMILES string of the molecule is CO[C@H]1CN(C(=O)c2cc(=O)cc(C)o2)C[C@H]1Cc1cc(C)no1. The molecule has 2 atom stereocenters. The molecule has 0 unspecified atom stereocenters. The summed E-state index contributed by atoms with van der Waals surface area (Å²) in [6, 6.07) is 4.47. The molecule has 0 saturated carbocycles. The normalized spacial score (nSPS) is 20.5. The van der Waals surface area contributed by atoms with Gasteiger partial charge in [0, 0.05) is 50.7 Å². The third-order valence-electron chi connectivity index (χ3n) is 4.21. The highest BCUT2D eigenvalue weighted by Gasteiger charge is 2.37. The Morgan fingerprint density at radius 2 is 2.12 bits per heavy atom. The van der Waals surface area contributed by atoms with E-state index >= 15 is 0 Å². The molecule has 0 N–H and O–H groups in total. The predicted molar refractivity (Wildman–Crippen MR) is 84.8 cm³/mol.